The first-order valence-electron chi connectivity index (χ1n) is 7.15. The van der Waals surface area contributed by atoms with Crippen LogP contribution in [-0.4, -0.2) is 48.7 Å². The Hall–Kier alpha value is -1.31. The van der Waals surface area contributed by atoms with Crippen molar-refractivity contribution in [3.8, 4) is 5.75 Å². The minimum absolute atomic E-state index is 0.114. The van der Waals surface area contributed by atoms with Crippen molar-refractivity contribution in [2.24, 2.45) is 0 Å². The lowest BCUT2D eigenvalue weighted by Crippen LogP contribution is -2.59. The van der Waals surface area contributed by atoms with E-state index >= 15 is 0 Å². The van der Waals surface area contributed by atoms with Gasteiger partial charge in [-0.2, -0.15) is 0 Å². The third-order valence-corrected chi connectivity index (χ3v) is 4.54. The van der Waals surface area contributed by atoms with Crippen molar-refractivity contribution >= 4 is 0 Å². The third-order valence-electron chi connectivity index (χ3n) is 4.54. The van der Waals surface area contributed by atoms with E-state index in [1.54, 1.807) is 0 Å². The van der Waals surface area contributed by atoms with Gasteiger partial charge in [0.15, 0.2) is 0 Å². The standard InChI is InChI=1S/C15H18F3NO3/c1-19-11-6-14(20,7-12(19)9-21-8-11)10-2-4-13(5-3-10)22-15(16,17)18/h2-5,11-12,20H,6-9H2,1H3. The van der Waals surface area contributed by atoms with Crippen LogP contribution in [0.3, 0.4) is 0 Å². The van der Waals surface area contributed by atoms with E-state index in [4.69, 9.17) is 4.74 Å². The van der Waals surface area contributed by atoms with Gasteiger partial charge in [0, 0.05) is 12.1 Å². The number of likely N-dealkylation sites (N-methyl/N-ethyl adjacent to an activating group) is 1. The van der Waals surface area contributed by atoms with E-state index in [2.05, 4.69) is 9.64 Å². The summed E-state index contributed by atoms with van der Waals surface area (Å²) in [5.74, 6) is -0.281. The number of piperidine rings is 1. The van der Waals surface area contributed by atoms with E-state index < -0.39 is 12.0 Å². The highest BCUT2D eigenvalue weighted by Gasteiger charge is 2.45. The van der Waals surface area contributed by atoms with Crippen LogP contribution in [0.15, 0.2) is 24.3 Å². The van der Waals surface area contributed by atoms with Crippen molar-refractivity contribution < 1.29 is 27.8 Å². The van der Waals surface area contributed by atoms with Gasteiger partial charge >= 0.3 is 6.36 Å². The van der Waals surface area contributed by atoms with Crippen LogP contribution in [0, 0.1) is 0 Å². The predicted molar refractivity (Wildman–Crippen MR) is 72.4 cm³/mol. The van der Waals surface area contributed by atoms with Gasteiger partial charge in [0.2, 0.25) is 0 Å². The number of halogens is 3. The number of ether oxygens (including phenoxy) is 2. The number of morpholine rings is 1. The summed E-state index contributed by atoms with van der Waals surface area (Å²) in [7, 11) is 2.01. The van der Waals surface area contributed by atoms with Crippen molar-refractivity contribution in [1.29, 1.82) is 0 Å². The van der Waals surface area contributed by atoms with Crippen LogP contribution in [0.1, 0.15) is 18.4 Å². The van der Waals surface area contributed by atoms with E-state index in [1.165, 1.54) is 24.3 Å². The minimum atomic E-state index is -4.71. The minimum Gasteiger partial charge on any atom is -0.406 e. The zero-order valence-corrected chi connectivity index (χ0v) is 12.1. The largest absolute Gasteiger partial charge is 0.573 e. The second-order valence-corrected chi connectivity index (χ2v) is 6.02. The molecule has 0 radical (unpaired) electrons. The molecule has 2 bridgehead atoms. The lowest BCUT2D eigenvalue weighted by Gasteiger charge is -2.50. The smallest absolute Gasteiger partial charge is 0.406 e. The van der Waals surface area contributed by atoms with E-state index in [-0.39, 0.29) is 17.8 Å². The molecule has 1 aromatic rings. The zero-order valence-electron chi connectivity index (χ0n) is 12.1. The molecule has 2 unspecified atom stereocenters. The Kier molecular flexibility index (Phi) is 3.82. The molecule has 0 spiro atoms. The van der Waals surface area contributed by atoms with Crippen LogP contribution < -0.4 is 4.74 Å². The van der Waals surface area contributed by atoms with Gasteiger partial charge in [-0.15, -0.1) is 13.2 Å². The van der Waals surface area contributed by atoms with Gasteiger partial charge in [0.25, 0.3) is 0 Å². The van der Waals surface area contributed by atoms with Gasteiger partial charge < -0.3 is 14.6 Å². The molecule has 1 N–H and O–H groups in total. The van der Waals surface area contributed by atoms with Crippen molar-refractivity contribution in [2.75, 3.05) is 20.3 Å². The Morgan fingerprint density at radius 3 is 2.23 bits per heavy atom. The number of benzene rings is 1. The van der Waals surface area contributed by atoms with Crippen LogP contribution in [0.4, 0.5) is 13.2 Å². The first-order valence-corrected chi connectivity index (χ1v) is 7.15. The summed E-state index contributed by atoms with van der Waals surface area (Å²) in [6.45, 7) is 1.12. The number of rotatable bonds is 2. The summed E-state index contributed by atoms with van der Waals surface area (Å²) < 4.78 is 45.9. The highest BCUT2D eigenvalue weighted by molar-refractivity contribution is 5.32. The number of nitrogens with zero attached hydrogens (tertiary/aromatic N) is 1. The molecule has 2 heterocycles. The average molecular weight is 317 g/mol. The fourth-order valence-electron chi connectivity index (χ4n) is 3.34. The van der Waals surface area contributed by atoms with Gasteiger partial charge in [-0.25, -0.2) is 0 Å². The number of hydrogen-bond donors (Lipinski definition) is 1. The maximum Gasteiger partial charge on any atom is 0.573 e. The van der Waals surface area contributed by atoms with Gasteiger partial charge in [0.05, 0.1) is 18.8 Å². The molecule has 1 aromatic carbocycles. The predicted octanol–water partition coefficient (Wildman–Crippen LogP) is 2.27. The molecule has 3 rings (SSSR count). The van der Waals surface area contributed by atoms with E-state index in [0.717, 1.165) is 0 Å². The summed E-state index contributed by atoms with van der Waals surface area (Å²) >= 11 is 0. The molecule has 2 atom stereocenters. The molecule has 4 nitrogen and oxygen atoms in total. The Morgan fingerprint density at radius 1 is 1.18 bits per heavy atom. The van der Waals surface area contributed by atoms with Gasteiger partial charge in [-0.05, 0) is 37.6 Å². The maximum atomic E-state index is 12.2. The fraction of sp³-hybridized carbons (Fsp3) is 0.600. The second kappa shape index (κ2) is 5.40. The molecule has 0 aromatic heterocycles. The molecule has 7 heteroatoms. The summed E-state index contributed by atoms with van der Waals surface area (Å²) in [5.41, 5.74) is -0.422. The lowest BCUT2D eigenvalue weighted by atomic mass is 9.77. The molecular weight excluding hydrogens is 299 g/mol. The highest BCUT2D eigenvalue weighted by atomic mass is 19.4. The van der Waals surface area contributed by atoms with E-state index in [1.807, 2.05) is 7.05 Å². The van der Waals surface area contributed by atoms with Crippen LogP contribution in [0.2, 0.25) is 0 Å². The number of fused-ring (bicyclic) bond motifs is 2. The second-order valence-electron chi connectivity index (χ2n) is 6.02. The van der Waals surface area contributed by atoms with Crippen LogP contribution in [-0.2, 0) is 10.3 Å². The Bertz CT molecular complexity index is 518. The summed E-state index contributed by atoms with van der Waals surface area (Å²) in [4.78, 5) is 2.21. The van der Waals surface area contributed by atoms with Crippen molar-refractivity contribution in [3.05, 3.63) is 29.8 Å². The monoisotopic (exact) mass is 317 g/mol. The molecule has 2 aliphatic heterocycles. The zero-order chi connectivity index (χ0) is 16.0. The lowest BCUT2D eigenvalue weighted by molar-refractivity contribution is -0.274. The summed E-state index contributed by atoms with van der Waals surface area (Å²) in [6, 6.07) is 5.72. The van der Waals surface area contributed by atoms with E-state index in [0.29, 0.717) is 31.6 Å². The molecule has 0 aliphatic carbocycles. The molecule has 0 saturated carbocycles. The van der Waals surface area contributed by atoms with Crippen LogP contribution in [0.5, 0.6) is 5.75 Å². The average Bonchev–Trinajstić information content (AvgIpc) is 2.40. The van der Waals surface area contributed by atoms with Crippen molar-refractivity contribution in [3.63, 3.8) is 0 Å². The summed E-state index contributed by atoms with van der Waals surface area (Å²) in [5, 5.41) is 10.9. The van der Waals surface area contributed by atoms with Gasteiger partial charge in [0.1, 0.15) is 5.75 Å². The summed E-state index contributed by atoms with van der Waals surface area (Å²) in [6.07, 6.45) is -3.71. The molecule has 2 saturated heterocycles. The Morgan fingerprint density at radius 2 is 1.73 bits per heavy atom. The molecule has 2 aliphatic rings. The fourth-order valence-corrected chi connectivity index (χ4v) is 3.34. The van der Waals surface area contributed by atoms with Gasteiger partial charge in [-0.1, -0.05) is 12.1 Å². The molecule has 2 fully saturated rings. The SMILES string of the molecule is CN1C2COCC1CC(O)(c1ccc(OC(F)(F)F)cc1)C2. The first-order chi connectivity index (χ1) is 10.3. The van der Waals surface area contributed by atoms with Crippen molar-refractivity contribution in [1.82, 2.24) is 4.90 Å². The van der Waals surface area contributed by atoms with E-state index in [9.17, 15) is 18.3 Å². The highest BCUT2D eigenvalue weighted by Crippen LogP contribution is 2.40. The van der Waals surface area contributed by atoms with Crippen LogP contribution >= 0.6 is 0 Å². The molecule has 22 heavy (non-hydrogen) atoms. The first kappa shape index (κ1) is 15.6. The number of aliphatic hydroxyl groups is 1. The maximum absolute atomic E-state index is 12.2. The quantitative estimate of drug-likeness (QED) is 0.908. The van der Waals surface area contributed by atoms with Crippen molar-refractivity contribution in [2.45, 2.75) is 36.9 Å². The number of alkyl halides is 3. The van der Waals surface area contributed by atoms with Gasteiger partial charge in [-0.3, -0.25) is 4.90 Å². The topological polar surface area (TPSA) is 41.9 Å². The number of hydrogen-bond acceptors (Lipinski definition) is 4. The molecular formula is C15H18F3NO3. The Balaban J connectivity index is 1.78. The molecule has 0 amide bonds. The van der Waals surface area contributed by atoms with Crippen LogP contribution in [0.25, 0.3) is 0 Å². The third kappa shape index (κ3) is 3.06. The normalized spacial score (nSPS) is 32.8. The molecule has 122 valence electrons. The Labute approximate surface area is 126 Å².